The van der Waals surface area contributed by atoms with E-state index >= 15 is 0 Å². The van der Waals surface area contributed by atoms with Crippen LogP contribution in [0.3, 0.4) is 0 Å². The summed E-state index contributed by atoms with van der Waals surface area (Å²) in [7, 11) is 2.03. The summed E-state index contributed by atoms with van der Waals surface area (Å²) >= 11 is 6.07. The highest BCUT2D eigenvalue weighted by Gasteiger charge is 2.26. The lowest BCUT2D eigenvalue weighted by Crippen LogP contribution is -2.27. The lowest BCUT2D eigenvalue weighted by molar-refractivity contribution is 0.301. The minimum atomic E-state index is 0.393. The van der Waals surface area contributed by atoms with Crippen LogP contribution in [0.5, 0.6) is 0 Å². The number of hydrogen-bond donors (Lipinski definition) is 1. The van der Waals surface area contributed by atoms with Gasteiger partial charge in [0.1, 0.15) is 0 Å². The molecule has 106 valence electrons. The van der Waals surface area contributed by atoms with Gasteiger partial charge in [-0.3, -0.25) is 0 Å². The predicted octanol–water partition coefficient (Wildman–Crippen LogP) is 3.58. The number of likely N-dealkylation sites (tertiary alicyclic amines) is 1. The maximum Gasteiger partial charge on any atom is 0.0409 e. The molecule has 1 fully saturated rings. The molecule has 1 saturated heterocycles. The Labute approximate surface area is 122 Å². The van der Waals surface area contributed by atoms with Crippen LogP contribution in [0.15, 0.2) is 24.3 Å². The molecule has 2 rings (SSSR count). The molecule has 1 aliphatic heterocycles. The molecule has 0 radical (unpaired) electrons. The number of benzene rings is 1. The molecule has 1 heterocycles. The van der Waals surface area contributed by atoms with Crippen molar-refractivity contribution in [3.8, 4) is 0 Å². The van der Waals surface area contributed by atoms with Gasteiger partial charge in [0.15, 0.2) is 0 Å². The molecule has 3 atom stereocenters. The van der Waals surface area contributed by atoms with Crippen LogP contribution in [0.2, 0.25) is 5.02 Å². The van der Waals surface area contributed by atoms with E-state index in [1.165, 1.54) is 18.7 Å². The van der Waals surface area contributed by atoms with E-state index in [2.05, 4.69) is 36.2 Å². The fraction of sp³-hybridized carbons (Fsp3) is 0.625. The Morgan fingerprint density at radius 2 is 2.00 bits per heavy atom. The van der Waals surface area contributed by atoms with Gasteiger partial charge in [0.2, 0.25) is 0 Å². The van der Waals surface area contributed by atoms with Crippen LogP contribution in [0.4, 0.5) is 0 Å². The van der Waals surface area contributed by atoms with Gasteiger partial charge in [0.05, 0.1) is 0 Å². The highest BCUT2D eigenvalue weighted by atomic mass is 35.5. The van der Waals surface area contributed by atoms with E-state index in [1.807, 2.05) is 19.2 Å². The largest absolute Gasteiger partial charge is 0.313 e. The van der Waals surface area contributed by atoms with E-state index in [-0.39, 0.29) is 0 Å². The van der Waals surface area contributed by atoms with Crippen LogP contribution in [0, 0.1) is 11.8 Å². The maximum absolute atomic E-state index is 6.07. The summed E-state index contributed by atoms with van der Waals surface area (Å²) in [6.07, 6.45) is 1.14. The molecule has 1 N–H and O–H groups in total. The van der Waals surface area contributed by atoms with Crippen molar-refractivity contribution in [3.05, 3.63) is 34.9 Å². The van der Waals surface area contributed by atoms with E-state index in [9.17, 15) is 0 Å². The predicted molar refractivity (Wildman–Crippen MR) is 82.6 cm³/mol. The minimum Gasteiger partial charge on any atom is -0.313 e. The lowest BCUT2D eigenvalue weighted by atomic mass is 10.0. The number of hydrogen-bond acceptors (Lipinski definition) is 2. The summed E-state index contributed by atoms with van der Waals surface area (Å²) in [5, 5.41) is 4.23. The lowest BCUT2D eigenvalue weighted by Gasteiger charge is -2.21. The summed E-state index contributed by atoms with van der Waals surface area (Å²) in [5.41, 5.74) is 1.29. The van der Waals surface area contributed by atoms with Gasteiger partial charge in [-0.15, -0.1) is 0 Å². The zero-order valence-corrected chi connectivity index (χ0v) is 13.0. The quantitative estimate of drug-likeness (QED) is 0.887. The third kappa shape index (κ3) is 3.95. The molecule has 0 amide bonds. The molecule has 2 nitrogen and oxygen atoms in total. The van der Waals surface area contributed by atoms with Gasteiger partial charge in [-0.1, -0.05) is 37.6 Å². The second kappa shape index (κ2) is 6.74. The number of nitrogens with zero attached hydrogens (tertiary/aromatic N) is 1. The average molecular weight is 281 g/mol. The Morgan fingerprint density at radius 3 is 2.58 bits per heavy atom. The van der Waals surface area contributed by atoms with Gasteiger partial charge in [-0.05, 0) is 49.5 Å². The van der Waals surface area contributed by atoms with Crippen molar-refractivity contribution in [1.29, 1.82) is 0 Å². The first-order chi connectivity index (χ1) is 9.10. The first-order valence-corrected chi connectivity index (χ1v) is 7.63. The number of rotatable bonds is 5. The molecule has 1 aromatic carbocycles. The molecule has 3 unspecified atom stereocenters. The van der Waals surface area contributed by atoms with Crippen molar-refractivity contribution in [2.45, 2.75) is 26.3 Å². The summed E-state index contributed by atoms with van der Waals surface area (Å²) < 4.78 is 0. The number of halogens is 1. The fourth-order valence-corrected chi connectivity index (χ4v) is 3.14. The monoisotopic (exact) mass is 280 g/mol. The maximum atomic E-state index is 6.07. The molecule has 19 heavy (non-hydrogen) atoms. The van der Waals surface area contributed by atoms with Gasteiger partial charge in [-0.2, -0.15) is 0 Å². The topological polar surface area (TPSA) is 15.3 Å². The van der Waals surface area contributed by atoms with Crippen LogP contribution >= 0.6 is 11.6 Å². The summed E-state index contributed by atoms with van der Waals surface area (Å²) in [6.45, 7) is 8.36. The fourth-order valence-electron chi connectivity index (χ4n) is 2.94. The van der Waals surface area contributed by atoms with Gasteiger partial charge < -0.3 is 10.2 Å². The highest BCUT2D eigenvalue weighted by Crippen LogP contribution is 2.25. The Bertz CT molecular complexity index is 397. The van der Waals surface area contributed by atoms with Crippen LogP contribution < -0.4 is 5.32 Å². The van der Waals surface area contributed by atoms with Gasteiger partial charge in [0, 0.05) is 24.2 Å². The highest BCUT2D eigenvalue weighted by molar-refractivity contribution is 6.30. The number of nitrogens with one attached hydrogen (secondary N) is 1. The molecular weight excluding hydrogens is 256 g/mol. The second-order valence-electron chi connectivity index (χ2n) is 5.90. The molecule has 0 saturated carbocycles. The van der Waals surface area contributed by atoms with Gasteiger partial charge >= 0.3 is 0 Å². The molecule has 1 aliphatic rings. The van der Waals surface area contributed by atoms with Crippen molar-refractivity contribution in [3.63, 3.8) is 0 Å². The molecule has 1 aromatic rings. The van der Waals surface area contributed by atoms with Crippen molar-refractivity contribution >= 4 is 11.6 Å². The first-order valence-electron chi connectivity index (χ1n) is 7.25. The molecule has 3 heteroatoms. The Morgan fingerprint density at radius 1 is 1.32 bits per heavy atom. The third-order valence-electron chi connectivity index (χ3n) is 4.40. The Kier molecular flexibility index (Phi) is 5.26. The second-order valence-corrected chi connectivity index (χ2v) is 6.34. The Hall–Kier alpha value is -0.570. The zero-order valence-electron chi connectivity index (χ0n) is 12.2. The Balaban J connectivity index is 1.90. The smallest absolute Gasteiger partial charge is 0.0409 e. The van der Waals surface area contributed by atoms with Crippen LogP contribution in [0.1, 0.15) is 31.9 Å². The van der Waals surface area contributed by atoms with Crippen molar-refractivity contribution in [1.82, 2.24) is 10.2 Å². The summed E-state index contributed by atoms with van der Waals surface area (Å²) in [6, 6.07) is 8.58. The van der Waals surface area contributed by atoms with Gasteiger partial charge in [-0.25, -0.2) is 0 Å². The molecule has 0 aromatic heterocycles. The van der Waals surface area contributed by atoms with Crippen LogP contribution in [0.25, 0.3) is 0 Å². The zero-order chi connectivity index (χ0) is 13.8. The van der Waals surface area contributed by atoms with E-state index in [0.29, 0.717) is 6.04 Å². The summed E-state index contributed by atoms with van der Waals surface area (Å²) in [5.74, 6) is 1.67. The van der Waals surface area contributed by atoms with E-state index in [4.69, 9.17) is 11.6 Å². The van der Waals surface area contributed by atoms with Crippen molar-refractivity contribution in [2.75, 3.05) is 26.7 Å². The van der Waals surface area contributed by atoms with Crippen LogP contribution in [-0.2, 0) is 0 Å². The normalized spacial score (nSPS) is 25.7. The third-order valence-corrected chi connectivity index (χ3v) is 4.63. The standard InChI is InChI=1S/C16H25ClN2/c1-12-10-19(11-13(12)2)8-7-16(18-3)14-5-4-6-15(17)9-14/h4-6,9,12-13,16,18H,7-8,10-11H2,1-3H3. The van der Waals surface area contributed by atoms with Crippen LogP contribution in [-0.4, -0.2) is 31.6 Å². The van der Waals surface area contributed by atoms with Crippen molar-refractivity contribution < 1.29 is 0 Å². The first kappa shape index (κ1) is 14.8. The molecular formula is C16H25ClN2. The molecule has 0 bridgehead atoms. The molecule has 0 spiro atoms. The van der Waals surface area contributed by atoms with E-state index in [0.717, 1.165) is 29.8 Å². The van der Waals surface area contributed by atoms with E-state index < -0.39 is 0 Å². The average Bonchev–Trinajstić information content (AvgIpc) is 2.70. The SMILES string of the molecule is CNC(CCN1CC(C)C(C)C1)c1cccc(Cl)c1. The summed E-state index contributed by atoms with van der Waals surface area (Å²) in [4.78, 5) is 2.59. The van der Waals surface area contributed by atoms with Crippen molar-refractivity contribution in [2.24, 2.45) is 11.8 Å². The molecule has 0 aliphatic carbocycles. The van der Waals surface area contributed by atoms with Gasteiger partial charge in [0.25, 0.3) is 0 Å². The minimum absolute atomic E-state index is 0.393. The van der Waals surface area contributed by atoms with E-state index in [1.54, 1.807) is 0 Å².